The van der Waals surface area contributed by atoms with Gasteiger partial charge < -0.3 is 34.0 Å². The van der Waals surface area contributed by atoms with Gasteiger partial charge in [0, 0.05) is 12.4 Å². The molecule has 4 radical (unpaired) electrons. The van der Waals surface area contributed by atoms with Crippen LogP contribution in [0.15, 0.2) is 0 Å². The fraction of sp³-hybridized carbons (Fsp3) is 1.00. The summed E-state index contributed by atoms with van der Waals surface area (Å²) in [4.78, 5) is 10.3. The van der Waals surface area contributed by atoms with Gasteiger partial charge in [-0.05, 0) is 46.5 Å². The van der Waals surface area contributed by atoms with Gasteiger partial charge in [0.25, 0.3) is 0 Å². The van der Waals surface area contributed by atoms with Gasteiger partial charge in [0.05, 0.1) is 28.6 Å². The van der Waals surface area contributed by atoms with Gasteiger partial charge in [0.15, 0.2) is 13.1 Å². The molecule has 4 N–H and O–H groups in total. The second-order valence-electron chi connectivity index (χ2n) is 9.43. The van der Waals surface area contributed by atoms with Crippen molar-refractivity contribution in [2.45, 2.75) is 127 Å². The van der Waals surface area contributed by atoms with Crippen molar-refractivity contribution >= 4 is 30.3 Å². The topological polar surface area (TPSA) is 143 Å². The molecular formula is C20H40B2O9P2. The molecule has 0 spiro atoms. The fourth-order valence-electron chi connectivity index (χ4n) is 4.64. The van der Waals surface area contributed by atoms with E-state index in [1.165, 1.54) is 0 Å². The summed E-state index contributed by atoms with van der Waals surface area (Å²) in [6.45, 7) is 11.4. The Hall–Kier alpha value is 0.310. The minimum absolute atomic E-state index is 0.0516. The van der Waals surface area contributed by atoms with Crippen molar-refractivity contribution in [2.75, 3.05) is 0 Å². The zero-order chi connectivity index (χ0) is 26.0. The van der Waals surface area contributed by atoms with Crippen molar-refractivity contribution in [1.29, 1.82) is 0 Å². The van der Waals surface area contributed by atoms with Crippen LogP contribution in [-0.4, -0.2) is 82.1 Å². The highest BCUT2D eigenvalue weighted by Gasteiger charge is 2.59. The smallest absolute Gasteiger partial charge is 0.356 e. The van der Waals surface area contributed by atoms with Crippen LogP contribution in [0.3, 0.4) is 0 Å². The molecule has 1 rings (SSSR count). The van der Waals surface area contributed by atoms with Crippen LogP contribution < -0.4 is 0 Å². The predicted molar refractivity (Wildman–Crippen MR) is 129 cm³/mol. The molecule has 0 saturated carbocycles. The highest BCUT2D eigenvalue weighted by Crippen LogP contribution is 2.69. The molecule has 1 fully saturated rings. The second kappa shape index (κ2) is 11.1. The molecule has 0 amide bonds. The standard InChI is InChI=1S/C20H40B2O9P2/c1-8-18(6,12-14-15(24)16(25)17(21)29-14)30-33(22,28)20(10-3,11-4)19(7,9-2)31-32(26,27)13(5)23/h13-17,23-25H,8-12H2,1-7H3,(H,26,27)/t13?,14-,15-,16-,17-,18?,19?,33?/m1/s1. The van der Waals surface area contributed by atoms with E-state index in [4.69, 9.17) is 29.2 Å². The van der Waals surface area contributed by atoms with Crippen LogP contribution in [0.1, 0.15) is 80.6 Å². The summed E-state index contributed by atoms with van der Waals surface area (Å²) in [6.07, 6.45) is -2.40. The Kier molecular flexibility index (Phi) is 10.6. The first-order chi connectivity index (χ1) is 14.9. The Morgan fingerprint density at radius 3 is 1.85 bits per heavy atom. The lowest BCUT2D eigenvalue weighted by molar-refractivity contribution is -0.0386. The third-order valence-corrected chi connectivity index (χ3v) is 12.0. The summed E-state index contributed by atoms with van der Waals surface area (Å²) >= 11 is 0. The third kappa shape index (κ3) is 6.18. The molecule has 0 aromatic heterocycles. The summed E-state index contributed by atoms with van der Waals surface area (Å²) in [6, 6.07) is -1.06. The van der Waals surface area contributed by atoms with E-state index in [0.717, 1.165) is 6.92 Å². The number of hydrogen-bond acceptors (Lipinski definition) is 8. The van der Waals surface area contributed by atoms with Crippen molar-refractivity contribution in [1.82, 2.24) is 0 Å². The number of hydrogen-bond donors (Lipinski definition) is 4. The second-order valence-corrected chi connectivity index (χ2v) is 13.7. The van der Waals surface area contributed by atoms with Crippen molar-refractivity contribution in [2.24, 2.45) is 0 Å². The lowest BCUT2D eigenvalue weighted by Crippen LogP contribution is -2.54. The van der Waals surface area contributed by atoms with Crippen LogP contribution in [-0.2, 0) is 22.9 Å². The Morgan fingerprint density at radius 1 is 1.00 bits per heavy atom. The van der Waals surface area contributed by atoms with Crippen molar-refractivity contribution in [3.05, 3.63) is 0 Å². The molecule has 1 saturated heterocycles. The molecular weight excluding hydrogens is 468 g/mol. The summed E-state index contributed by atoms with van der Waals surface area (Å²) < 4.78 is 44.0. The average Bonchev–Trinajstić information content (AvgIpc) is 2.94. The van der Waals surface area contributed by atoms with Gasteiger partial charge in [-0.2, -0.15) is 0 Å². The van der Waals surface area contributed by atoms with Gasteiger partial charge in [0.2, 0.25) is 7.57 Å². The van der Waals surface area contributed by atoms with Gasteiger partial charge in [-0.15, -0.1) is 0 Å². The highest BCUT2D eigenvalue weighted by molar-refractivity contribution is 7.84. The maximum absolute atomic E-state index is 14.2. The molecule has 0 aliphatic carbocycles. The SMILES string of the molecule is [B][C@@H]1O[C@H](CC(C)(CC)OP([B])(=O)C(CC)(CC)C(C)(CC)OP(=O)(O)C(C)O)[C@@H](O)[C@H]1O. The average molecular weight is 508 g/mol. The monoisotopic (exact) mass is 508 g/mol. The molecule has 0 bridgehead atoms. The third-order valence-electron chi connectivity index (χ3n) is 7.37. The summed E-state index contributed by atoms with van der Waals surface area (Å²) in [5.74, 6) is -1.65. The molecule has 9 atom stereocenters. The summed E-state index contributed by atoms with van der Waals surface area (Å²) in [5.41, 5.74) is -2.62. The number of rotatable bonds is 13. The maximum atomic E-state index is 14.2. The first-order valence-electron chi connectivity index (χ1n) is 11.5. The van der Waals surface area contributed by atoms with Crippen molar-refractivity contribution < 1.29 is 43.1 Å². The quantitative estimate of drug-likeness (QED) is 0.218. The first-order valence-corrected chi connectivity index (χ1v) is 14.8. The number of aliphatic hydroxyl groups is 3. The summed E-state index contributed by atoms with van der Waals surface area (Å²) in [5, 5.41) is 28.6. The zero-order valence-corrected chi connectivity index (χ0v) is 22.6. The fourth-order valence-corrected chi connectivity index (χ4v) is 8.53. The molecule has 1 aliphatic heterocycles. The Morgan fingerprint density at radius 2 is 1.52 bits per heavy atom. The molecule has 9 nitrogen and oxygen atoms in total. The lowest BCUT2D eigenvalue weighted by atomic mass is 9.82. The van der Waals surface area contributed by atoms with Crippen LogP contribution in [0, 0.1) is 0 Å². The van der Waals surface area contributed by atoms with Crippen LogP contribution >= 0.6 is 14.8 Å². The van der Waals surface area contributed by atoms with E-state index in [1.54, 1.807) is 41.5 Å². The molecule has 0 aromatic carbocycles. The predicted octanol–water partition coefficient (Wildman–Crippen LogP) is 2.81. The molecule has 1 heterocycles. The minimum atomic E-state index is -4.47. The van der Waals surface area contributed by atoms with Crippen molar-refractivity contribution in [3.8, 4) is 0 Å². The van der Waals surface area contributed by atoms with Gasteiger partial charge in [-0.25, -0.2) is 0 Å². The normalized spacial score (nSPS) is 32.3. The Balaban J connectivity index is 3.39. The van der Waals surface area contributed by atoms with E-state index >= 15 is 0 Å². The van der Waals surface area contributed by atoms with Gasteiger partial charge >= 0.3 is 7.60 Å². The molecule has 1 aliphatic rings. The van der Waals surface area contributed by atoms with E-state index in [-0.39, 0.29) is 25.7 Å². The van der Waals surface area contributed by atoms with Gasteiger partial charge in [-0.3, -0.25) is 9.09 Å². The molecule has 190 valence electrons. The van der Waals surface area contributed by atoms with Crippen LogP contribution in [0.5, 0.6) is 0 Å². The maximum Gasteiger partial charge on any atom is 0.356 e. The van der Waals surface area contributed by atoms with E-state index in [1.807, 2.05) is 0 Å². The molecule has 33 heavy (non-hydrogen) atoms. The Bertz CT molecular complexity index is 751. The Labute approximate surface area is 200 Å². The van der Waals surface area contributed by atoms with Crippen LogP contribution in [0.2, 0.25) is 0 Å². The van der Waals surface area contributed by atoms with Gasteiger partial charge in [0.1, 0.15) is 14.0 Å². The number of ether oxygens (including phenoxy) is 1. The zero-order valence-electron chi connectivity index (χ0n) is 20.8. The molecule has 13 heteroatoms. The van der Waals surface area contributed by atoms with E-state index in [9.17, 15) is 29.3 Å². The molecule has 5 unspecified atom stereocenters. The van der Waals surface area contributed by atoms with Crippen LogP contribution in [0.4, 0.5) is 0 Å². The van der Waals surface area contributed by atoms with Crippen LogP contribution in [0.25, 0.3) is 0 Å². The van der Waals surface area contributed by atoms with Gasteiger partial charge in [-0.1, -0.05) is 27.7 Å². The first kappa shape index (κ1) is 31.3. The minimum Gasteiger partial charge on any atom is -0.388 e. The van der Waals surface area contributed by atoms with E-state index < -0.39 is 61.4 Å². The van der Waals surface area contributed by atoms with E-state index in [2.05, 4.69) is 0 Å². The largest absolute Gasteiger partial charge is 0.388 e. The summed E-state index contributed by atoms with van der Waals surface area (Å²) in [7, 11) is 3.55. The van der Waals surface area contributed by atoms with Crippen molar-refractivity contribution in [3.63, 3.8) is 0 Å². The number of aliphatic hydroxyl groups excluding tert-OH is 3. The molecule has 0 aromatic rings. The lowest BCUT2D eigenvalue weighted by Gasteiger charge is -2.52. The van der Waals surface area contributed by atoms with E-state index in [0.29, 0.717) is 6.42 Å². The highest BCUT2D eigenvalue weighted by atomic mass is 31.2.